The van der Waals surface area contributed by atoms with Crippen molar-refractivity contribution in [3.05, 3.63) is 53.2 Å². The molecule has 2 heterocycles. The number of nitrogens with zero attached hydrogens (tertiary/aromatic N) is 2. The Bertz CT molecular complexity index is 687. The number of halogens is 1. The average Bonchev–Trinajstić information content (AvgIpc) is 3.10. The number of amides is 1. The van der Waals surface area contributed by atoms with Gasteiger partial charge in [-0.1, -0.05) is 23.7 Å². The molecule has 1 fully saturated rings. The van der Waals surface area contributed by atoms with Crippen LogP contribution in [0.15, 0.2) is 42.6 Å². The van der Waals surface area contributed by atoms with Crippen molar-refractivity contribution in [2.75, 3.05) is 29.1 Å². The number of thioether (sulfide) groups is 1. The van der Waals surface area contributed by atoms with Gasteiger partial charge in [0.05, 0.1) is 17.6 Å². The molecule has 0 spiro atoms. The lowest BCUT2D eigenvalue weighted by Gasteiger charge is -2.16. The first kappa shape index (κ1) is 17.1. The highest BCUT2D eigenvalue weighted by Crippen LogP contribution is 2.20. The molecule has 2 aromatic rings. The van der Waals surface area contributed by atoms with Crippen LogP contribution < -0.4 is 10.2 Å². The van der Waals surface area contributed by atoms with Gasteiger partial charge in [0.2, 0.25) is 5.91 Å². The van der Waals surface area contributed by atoms with Crippen molar-refractivity contribution < 1.29 is 4.79 Å². The molecule has 0 saturated carbocycles. The van der Waals surface area contributed by atoms with Crippen molar-refractivity contribution in [2.45, 2.75) is 18.6 Å². The van der Waals surface area contributed by atoms with E-state index < -0.39 is 0 Å². The molecule has 24 heavy (non-hydrogen) atoms. The monoisotopic (exact) mass is 361 g/mol. The zero-order chi connectivity index (χ0) is 16.8. The van der Waals surface area contributed by atoms with Crippen molar-refractivity contribution in [1.29, 1.82) is 0 Å². The molecule has 0 bridgehead atoms. The maximum Gasteiger partial charge on any atom is 0.234 e. The number of rotatable bonds is 6. The van der Waals surface area contributed by atoms with Gasteiger partial charge in [0, 0.05) is 23.9 Å². The highest BCUT2D eigenvalue weighted by atomic mass is 35.5. The average molecular weight is 362 g/mol. The minimum absolute atomic E-state index is 0.0160. The van der Waals surface area contributed by atoms with Gasteiger partial charge < -0.3 is 10.2 Å². The molecule has 6 heteroatoms. The normalized spacial score (nSPS) is 14.0. The summed E-state index contributed by atoms with van der Waals surface area (Å²) in [4.78, 5) is 18.7. The fraction of sp³-hybridized carbons (Fsp3) is 0.333. The van der Waals surface area contributed by atoms with E-state index in [1.807, 2.05) is 36.4 Å². The van der Waals surface area contributed by atoms with Crippen LogP contribution in [0.4, 0.5) is 11.5 Å². The van der Waals surface area contributed by atoms with E-state index in [1.165, 1.54) is 12.8 Å². The smallest absolute Gasteiger partial charge is 0.234 e. The molecule has 0 atom stereocenters. The summed E-state index contributed by atoms with van der Waals surface area (Å²) in [5.41, 5.74) is 1.86. The van der Waals surface area contributed by atoms with Gasteiger partial charge in [-0.05, 0) is 42.7 Å². The Hall–Kier alpha value is -1.72. The van der Waals surface area contributed by atoms with E-state index in [1.54, 1.807) is 18.0 Å². The summed E-state index contributed by atoms with van der Waals surface area (Å²) in [5, 5.41) is 3.61. The second-order valence-electron chi connectivity index (χ2n) is 5.77. The number of hydrogen-bond donors (Lipinski definition) is 1. The molecule has 1 N–H and O–H groups in total. The maximum atomic E-state index is 12.0. The quantitative estimate of drug-likeness (QED) is 0.837. The van der Waals surface area contributed by atoms with Gasteiger partial charge >= 0.3 is 0 Å². The third-order valence-electron chi connectivity index (χ3n) is 3.85. The highest BCUT2D eigenvalue weighted by molar-refractivity contribution is 7.99. The van der Waals surface area contributed by atoms with Gasteiger partial charge in [-0.15, -0.1) is 11.8 Å². The summed E-state index contributed by atoms with van der Waals surface area (Å²) in [6, 6.07) is 11.6. The molecule has 1 aromatic heterocycles. The summed E-state index contributed by atoms with van der Waals surface area (Å²) in [5.74, 6) is 2.14. The minimum Gasteiger partial charge on any atom is -0.357 e. The molecule has 1 aromatic carbocycles. The second kappa shape index (κ2) is 8.40. The lowest BCUT2D eigenvalue weighted by Crippen LogP contribution is -2.19. The first-order valence-corrected chi connectivity index (χ1v) is 9.57. The molecular formula is C18H20ClN3OS. The van der Waals surface area contributed by atoms with E-state index >= 15 is 0 Å². The van der Waals surface area contributed by atoms with E-state index in [0.29, 0.717) is 5.75 Å². The molecule has 1 saturated heterocycles. The Kier molecular flexibility index (Phi) is 5.99. The Labute approximate surface area is 151 Å². The van der Waals surface area contributed by atoms with Crippen LogP contribution in [0.2, 0.25) is 5.02 Å². The summed E-state index contributed by atoms with van der Waals surface area (Å²) >= 11 is 7.52. The van der Waals surface area contributed by atoms with Crippen LogP contribution in [-0.2, 0) is 10.5 Å². The number of benzene rings is 1. The minimum atomic E-state index is -0.0160. The van der Waals surface area contributed by atoms with Crippen molar-refractivity contribution >= 4 is 40.8 Å². The molecule has 1 aliphatic rings. The number of hydrogen-bond acceptors (Lipinski definition) is 4. The van der Waals surface area contributed by atoms with E-state index in [4.69, 9.17) is 11.6 Å². The standard InChI is InChI=1S/C18H20ClN3OS/c19-15-5-3-4-14(10-15)12-24-13-18(23)21-16-6-7-17(20-11-16)22-8-1-2-9-22/h3-7,10-11H,1-2,8-9,12-13H2,(H,21,23). The fourth-order valence-electron chi connectivity index (χ4n) is 2.68. The third-order valence-corrected chi connectivity index (χ3v) is 5.09. The van der Waals surface area contributed by atoms with Crippen molar-refractivity contribution in [3.8, 4) is 0 Å². The largest absolute Gasteiger partial charge is 0.357 e. The fourth-order valence-corrected chi connectivity index (χ4v) is 3.67. The predicted octanol–water partition coefficient (Wildman–Crippen LogP) is 4.21. The van der Waals surface area contributed by atoms with E-state index in [-0.39, 0.29) is 5.91 Å². The Morgan fingerprint density at radius 3 is 2.79 bits per heavy atom. The first-order chi connectivity index (χ1) is 11.7. The number of carbonyl (C=O) groups excluding carboxylic acids is 1. The number of anilines is 2. The number of aromatic nitrogens is 1. The topological polar surface area (TPSA) is 45.2 Å². The van der Waals surface area contributed by atoms with Gasteiger partial charge in [-0.3, -0.25) is 4.79 Å². The molecule has 0 radical (unpaired) electrons. The van der Waals surface area contributed by atoms with Crippen molar-refractivity contribution in [3.63, 3.8) is 0 Å². The Morgan fingerprint density at radius 2 is 2.08 bits per heavy atom. The van der Waals surface area contributed by atoms with Crippen LogP contribution >= 0.6 is 23.4 Å². The lowest BCUT2D eigenvalue weighted by atomic mass is 10.2. The van der Waals surface area contributed by atoms with Crippen LogP contribution in [0.1, 0.15) is 18.4 Å². The highest BCUT2D eigenvalue weighted by Gasteiger charge is 2.13. The van der Waals surface area contributed by atoms with Gasteiger partial charge in [0.1, 0.15) is 5.82 Å². The van der Waals surface area contributed by atoms with Crippen LogP contribution in [0.25, 0.3) is 0 Å². The third kappa shape index (κ3) is 4.89. The number of carbonyl (C=O) groups is 1. The Morgan fingerprint density at radius 1 is 1.25 bits per heavy atom. The SMILES string of the molecule is O=C(CSCc1cccc(Cl)c1)Nc1ccc(N2CCCC2)nc1. The number of nitrogens with one attached hydrogen (secondary N) is 1. The molecule has 1 aliphatic heterocycles. The molecule has 0 unspecified atom stereocenters. The predicted molar refractivity (Wildman–Crippen MR) is 102 cm³/mol. The number of pyridine rings is 1. The Balaban J connectivity index is 1.44. The molecule has 3 rings (SSSR count). The van der Waals surface area contributed by atoms with Gasteiger partial charge in [0.15, 0.2) is 0 Å². The maximum absolute atomic E-state index is 12.0. The summed E-state index contributed by atoms with van der Waals surface area (Å²) in [6.07, 6.45) is 4.18. The van der Waals surface area contributed by atoms with Crippen LogP contribution in [0.3, 0.4) is 0 Å². The molecular weight excluding hydrogens is 342 g/mol. The molecule has 126 valence electrons. The van der Waals surface area contributed by atoms with Crippen molar-refractivity contribution in [2.24, 2.45) is 0 Å². The van der Waals surface area contributed by atoms with Crippen LogP contribution in [-0.4, -0.2) is 29.7 Å². The first-order valence-electron chi connectivity index (χ1n) is 8.04. The molecule has 4 nitrogen and oxygen atoms in total. The molecule has 1 amide bonds. The molecule has 0 aliphatic carbocycles. The summed E-state index contributed by atoms with van der Waals surface area (Å²) in [6.45, 7) is 2.14. The summed E-state index contributed by atoms with van der Waals surface area (Å²) < 4.78 is 0. The van der Waals surface area contributed by atoms with Crippen LogP contribution in [0.5, 0.6) is 0 Å². The zero-order valence-corrected chi connectivity index (χ0v) is 14.9. The van der Waals surface area contributed by atoms with E-state index in [0.717, 1.165) is 40.9 Å². The van der Waals surface area contributed by atoms with Crippen LogP contribution in [0, 0.1) is 0 Å². The van der Waals surface area contributed by atoms with Gasteiger partial charge in [-0.25, -0.2) is 4.98 Å². The second-order valence-corrected chi connectivity index (χ2v) is 7.19. The summed E-state index contributed by atoms with van der Waals surface area (Å²) in [7, 11) is 0. The zero-order valence-electron chi connectivity index (χ0n) is 13.4. The lowest BCUT2D eigenvalue weighted by molar-refractivity contribution is -0.113. The van der Waals surface area contributed by atoms with Crippen molar-refractivity contribution in [1.82, 2.24) is 4.98 Å². The van der Waals surface area contributed by atoms with Gasteiger partial charge in [-0.2, -0.15) is 0 Å². The van der Waals surface area contributed by atoms with E-state index in [2.05, 4.69) is 15.2 Å². The van der Waals surface area contributed by atoms with Gasteiger partial charge in [0.25, 0.3) is 0 Å². The van der Waals surface area contributed by atoms with E-state index in [9.17, 15) is 4.79 Å².